The molecule has 3 aromatic carbocycles. The molecule has 0 fully saturated rings. The Morgan fingerprint density at radius 3 is 2.49 bits per heavy atom. The zero-order chi connectivity index (χ0) is 26.4. The lowest BCUT2D eigenvalue weighted by molar-refractivity contribution is -0.137. The number of rotatable bonds is 10. The topological polar surface area (TPSA) is 87.7 Å². The third kappa shape index (κ3) is 6.61. The van der Waals surface area contributed by atoms with Crippen molar-refractivity contribution in [1.82, 2.24) is 4.90 Å². The maximum absolute atomic E-state index is 13.3. The van der Waals surface area contributed by atoms with Crippen molar-refractivity contribution < 1.29 is 19.1 Å². The molecule has 7 nitrogen and oxygen atoms in total. The highest BCUT2D eigenvalue weighted by atomic mass is 79.9. The summed E-state index contributed by atoms with van der Waals surface area (Å²) < 4.78 is 5.98. The first-order chi connectivity index (χ1) is 17.9. The van der Waals surface area contributed by atoms with Crippen LogP contribution in [0.1, 0.15) is 16.8 Å². The number of nitrogens with one attached hydrogen (secondary N) is 2. The molecule has 2 N–H and O–H groups in total. The number of imide groups is 1. The minimum Gasteiger partial charge on any atom is -0.385 e. The molecule has 0 radical (unpaired) electrons. The number of amides is 3. The summed E-state index contributed by atoms with van der Waals surface area (Å²) in [5, 5.41) is 6.31. The fourth-order valence-electron chi connectivity index (χ4n) is 3.61. The van der Waals surface area contributed by atoms with E-state index in [0.29, 0.717) is 39.9 Å². The molecule has 0 aromatic heterocycles. The molecular formula is C27H23BrClN3O4S. The Morgan fingerprint density at radius 1 is 1.00 bits per heavy atom. The molecule has 1 aliphatic heterocycles. The highest BCUT2D eigenvalue weighted by Crippen LogP contribution is 2.37. The van der Waals surface area contributed by atoms with Gasteiger partial charge in [-0.15, -0.1) is 0 Å². The summed E-state index contributed by atoms with van der Waals surface area (Å²) in [6, 6.07) is 21.2. The minimum absolute atomic E-state index is 0.209. The number of thioether (sulfide) groups is 1. The van der Waals surface area contributed by atoms with Crippen molar-refractivity contribution in [2.45, 2.75) is 11.3 Å². The Hall–Kier alpha value is -3.11. The summed E-state index contributed by atoms with van der Waals surface area (Å²) in [6.45, 7) is 0.678. The number of hydrogen-bond acceptors (Lipinski definition) is 6. The Kier molecular flexibility index (Phi) is 9.04. The molecule has 0 bridgehead atoms. The van der Waals surface area contributed by atoms with Crippen molar-refractivity contribution in [3.63, 3.8) is 0 Å². The second kappa shape index (κ2) is 12.4. The number of ether oxygens (including phenoxy) is 1. The van der Waals surface area contributed by atoms with Gasteiger partial charge in [-0.25, -0.2) is 0 Å². The van der Waals surface area contributed by atoms with Crippen molar-refractivity contribution in [2.75, 3.05) is 30.9 Å². The number of carbonyl (C=O) groups is 3. The quantitative estimate of drug-likeness (QED) is 0.214. The number of methoxy groups -OCH3 is 1. The highest BCUT2D eigenvalue weighted by molar-refractivity contribution is 9.10. The predicted octanol–water partition coefficient (Wildman–Crippen LogP) is 6.18. The van der Waals surface area contributed by atoms with Crippen LogP contribution in [-0.4, -0.2) is 42.9 Å². The third-order valence-electron chi connectivity index (χ3n) is 5.40. The molecule has 190 valence electrons. The van der Waals surface area contributed by atoms with Crippen LogP contribution in [-0.2, 0) is 14.3 Å². The summed E-state index contributed by atoms with van der Waals surface area (Å²) in [5.74, 6) is -1.12. The smallest absolute Gasteiger partial charge is 0.278 e. The van der Waals surface area contributed by atoms with Gasteiger partial charge in [-0.2, -0.15) is 0 Å². The van der Waals surface area contributed by atoms with Crippen LogP contribution in [0.15, 0.2) is 92.8 Å². The molecule has 10 heteroatoms. The summed E-state index contributed by atoms with van der Waals surface area (Å²) >= 11 is 10.7. The van der Waals surface area contributed by atoms with Gasteiger partial charge >= 0.3 is 0 Å². The van der Waals surface area contributed by atoms with Crippen molar-refractivity contribution in [3.8, 4) is 0 Å². The van der Waals surface area contributed by atoms with Gasteiger partial charge < -0.3 is 15.4 Å². The molecule has 3 aromatic rings. The maximum Gasteiger partial charge on any atom is 0.278 e. The van der Waals surface area contributed by atoms with Gasteiger partial charge in [0.2, 0.25) is 0 Å². The van der Waals surface area contributed by atoms with Gasteiger partial charge in [-0.05, 0) is 61.0 Å². The summed E-state index contributed by atoms with van der Waals surface area (Å²) in [6.07, 6.45) is 0.529. The SMILES string of the molecule is COCCCN1C(=O)C(Nc2ccc(Br)cc2)=C(Sc2cccc(NC(=O)c3ccccc3Cl)c2)C1=O. The van der Waals surface area contributed by atoms with Crippen molar-refractivity contribution >= 4 is 68.4 Å². The standard InChI is InChI=1S/C27H23BrClN3O4S/c1-36-15-5-14-32-26(34)23(30-18-12-10-17(28)11-13-18)24(27(32)35)37-20-7-4-6-19(16-20)31-25(33)21-8-2-3-9-22(21)29/h2-4,6-13,16,30H,5,14-15H2,1H3,(H,31,33). The summed E-state index contributed by atoms with van der Waals surface area (Å²) in [7, 11) is 1.57. The van der Waals surface area contributed by atoms with E-state index in [-0.39, 0.29) is 29.0 Å². The van der Waals surface area contributed by atoms with Gasteiger partial charge in [0.1, 0.15) is 10.6 Å². The summed E-state index contributed by atoms with van der Waals surface area (Å²) in [4.78, 5) is 41.4. The molecule has 0 atom stereocenters. The Bertz CT molecular complexity index is 1360. The van der Waals surface area contributed by atoms with Crippen LogP contribution >= 0.6 is 39.3 Å². The molecular weight excluding hydrogens is 578 g/mol. The lowest BCUT2D eigenvalue weighted by Crippen LogP contribution is -2.33. The van der Waals surface area contributed by atoms with Gasteiger partial charge in [0.05, 0.1) is 10.6 Å². The minimum atomic E-state index is -0.394. The molecule has 0 saturated heterocycles. The van der Waals surface area contributed by atoms with Crippen LogP contribution in [0.25, 0.3) is 0 Å². The van der Waals surface area contributed by atoms with Gasteiger partial charge in [0.15, 0.2) is 0 Å². The molecule has 3 amide bonds. The van der Waals surface area contributed by atoms with Crippen LogP contribution in [0.4, 0.5) is 11.4 Å². The molecule has 1 aliphatic rings. The number of halogens is 2. The normalized spacial score (nSPS) is 13.3. The second-order valence-corrected chi connectivity index (χ2v) is 10.4. The van der Waals surface area contributed by atoms with E-state index in [1.165, 1.54) is 4.90 Å². The Balaban J connectivity index is 1.59. The molecule has 1 heterocycles. The predicted molar refractivity (Wildman–Crippen MR) is 150 cm³/mol. The maximum atomic E-state index is 13.3. The van der Waals surface area contributed by atoms with Gasteiger partial charge in [-0.1, -0.05) is 57.5 Å². The molecule has 4 rings (SSSR count). The largest absolute Gasteiger partial charge is 0.385 e. The molecule has 0 saturated carbocycles. The van der Waals surface area contributed by atoms with E-state index in [4.69, 9.17) is 16.3 Å². The van der Waals surface area contributed by atoms with Gasteiger partial charge in [-0.3, -0.25) is 19.3 Å². The van der Waals surface area contributed by atoms with E-state index >= 15 is 0 Å². The van der Waals surface area contributed by atoms with Crippen LogP contribution < -0.4 is 10.6 Å². The second-order valence-electron chi connectivity index (χ2n) is 8.01. The Morgan fingerprint density at radius 2 is 1.76 bits per heavy atom. The fraction of sp³-hybridized carbons (Fsp3) is 0.148. The van der Waals surface area contributed by atoms with Crippen LogP contribution in [0.3, 0.4) is 0 Å². The lowest BCUT2D eigenvalue weighted by Gasteiger charge is -2.14. The third-order valence-corrected chi connectivity index (χ3v) is 7.33. The molecule has 0 spiro atoms. The van der Waals surface area contributed by atoms with Crippen molar-refractivity contribution in [1.29, 1.82) is 0 Å². The molecule has 0 unspecified atom stereocenters. The van der Waals surface area contributed by atoms with Crippen molar-refractivity contribution in [2.24, 2.45) is 0 Å². The van der Waals surface area contributed by atoms with E-state index in [1.54, 1.807) is 49.6 Å². The zero-order valence-corrected chi connectivity index (χ0v) is 23.0. The summed E-state index contributed by atoms with van der Waals surface area (Å²) in [5.41, 5.74) is 1.78. The highest BCUT2D eigenvalue weighted by Gasteiger charge is 2.38. The van der Waals surface area contributed by atoms with Crippen LogP contribution in [0, 0.1) is 0 Å². The first-order valence-electron chi connectivity index (χ1n) is 11.3. The van der Waals surface area contributed by atoms with E-state index in [9.17, 15) is 14.4 Å². The van der Waals surface area contributed by atoms with E-state index < -0.39 is 5.91 Å². The van der Waals surface area contributed by atoms with E-state index in [2.05, 4.69) is 26.6 Å². The number of hydrogen-bond donors (Lipinski definition) is 2. The number of anilines is 2. The average Bonchev–Trinajstić information content (AvgIpc) is 3.10. The fourth-order valence-corrected chi connectivity index (χ4v) is 5.10. The number of benzene rings is 3. The van der Waals surface area contributed by atoms with Gasteiger partial charge in [0, 0.05) is 41.0 Å². The van der Waals surface area contributed by atoms with Crippen molar-refractivity contribution in [3.05, 3.63) is 98.5 Å². The molecule has 37 heavy (non-hydrogen) atoms. The monoisotopic (exact) mass is 599 g/mol. The van der Waals surface area contributed by atoms with Gasteiger partial charge in [0.25, 0.3) is 17.7 Å². The van der Waals surface area contributed by atoms with E-state index in [1.807, 2.05) is 30.3 Å². The average molecular weight is 601 g/mol. The van der Waals surface area contributed by atoms with Crippen LogP contribution in [0.5, 0.6) is 0 Å². The van der Waals surface area contributed by atoms with Crippen LogP contribution in [0.2, 0.25) is 5.02 Å². The first-order valence-corrected chi connectivity index (χ1v) is 13.3. The molecule has 0 aliphatic carbocycles. The van der Waals surface area contributed by atoms with E-state index in [0.717, 1.165) is 16.2 Å². The number of nitrogens with zero attached hydrogens (tertiary/aromatic N) is 1. The zero-order valence-electron chi connectivity index (χ0n) is 19.8. The number of carbonyl (C=O) groups excluding carboxylic acids is 3. The lowest BCUT2D eigenvalue weighted by atomic mass is 10.2. The Labute approximate surface area is 232 Å². The first kappa shape index (κ1) is 26.9.